The smallest absolute Gasteiger partial charge is 0.230 e. The normalized spacial score (nSPS) is 17.0. The van der Waals surface area contributed by atoms with E-state index in [-0.39, 0.29) is 11.8 Å². The maximum atomic E-state index is 13.0. The molecule has 1 amide bonds. The number of aromatic amines is 1. The van der Waals surface area contributed by atoms with E-state index in [0.29, 0.717) is 0 Å². The van der Waals surface area contributed by atoms with Crippen LogP contribution in [-0.4, -0.2) is 27.6 Å². The molecule has 1 fully saturated rings. The number of carbonyl (C=O) groups is 1. The summed E-state index contributed by atoms with van der Waals surface area (Å²) in [4.78, 5) is 19.4. The van der Waals surface area contributed by atoms with Crippen LogP contribution in [0.2, 0.25) is 0 Å². The summed E-state index contributed by atoms with van der Waals surface area (Å²) in [5.41, 5.74) is 5.36. The van der Waals surface area contributed by atoms with Crippen LogP contribution in [-0.2, 0) is 11.2 Å². The number of benzene rings is 2. The molecule has 0 aliphatic carbocycles. The first kappa shape index (κ1) is 17.1. The third kappa shape index (κ3) is 3.10. The molecular weight excluding hydrogens is 368 g/mol. The van der Waals surface area contributed by atoms with Gasteiger partial charge in [-0.05, 0) is 55.2 Å². The van der Waals surface area contributed by atoms with E-state index >= 15 is 0 Å². The van der Waals surface area contributed by atoms with E-state index in [1.807, 2.05) is 42.3 Å². The Morgan fingerprint density at radius 3 is 2.82 bits per heavy atom. The van der Waals surface area contributed by atoms with Crippen molar-refractivity contribution >= 4 is 33.1 Å². The van der Waals surface area contributed by atoms with E-state index < -0.39 is 0 Å². The van der Waals surface area contributed by atoms with Gasteiger partial charge in [0.2, 0.25) is 5.91 Å². The summed E-state index contributed by atoms with van der Waals surface area (Å²) in [6.45, 7) is 2.80. The highest BCUT2D eigenvalue weighted by atomic mass is 32.1. The van der Waals surface area contributed by atoms with Crippen LogP contribution in [0.15, 0.2) is 54.9 Å². The van der Waals surface area contributed by atoms with Crippen LogP contribution in [0.3, 0.4) is 0 Å². The van der Waals surface area contributed by atoms with Crippen molar-refractivity contribution in [3.63, 3.8) is 0 Å². The number of carbonyl (C=O) groups excluding carboxylic acids is 1. The molecular formula is C22H20N4OS. The SMILES string of the molecule is Cc1nc2ccc(CC3CCN(c4ccc(-c5cn[nH]c5)cc4)C3=O)cc2s1. The van der Waals surface area contributed by atoms with Gasteiger partial charge in [0.15, 0.2) is 0 Å². The van der Waals surface area contributed by atoms with Crippen LogP contribution in [0.4, 0.5) is 5.69 Å². The van der Waals surface area contributed by atoms with Gasteiger partial charge in [-0.3, -0.25) is 9.89 Å². The molecule has 1 unspecified atom stereocenters. The third-order valence-corrected chi connectivity index (χ3v) is 6.30. The van der Waals surface area contributed by atoms with Crippen molar-refractivity contribution in [3.8, 4) is 11.1 Å². The number of thiazole rings is 1. The van der Waals surface area contributed by atoms with E-state index in [1.54, 1.807) is 17.5 Å². The monoisotopic (exact) mass is 388 g/mol. The molecule has 1 aliphatic heterocycles. The zero-order valence-electron chi connectivity index (χ0n) is 15.6. The predicted molar refractivity (Wildman–Crippen MR) is 113 cm³/mol. The number of hydrogen-bond acceptors (Lipinski definition) is 4. The highest BCUT2D eigenvalue weighted by molar-refractivity contribution is 7.18. The minimum absolute atomic E-state index is 0.0417. The fraction of sp³-hybridized carbons (Fsp3) is 0.227. The number of aryl methyl sites for hydroxylation is 1. The molecule has 140 valence electrons. The molecule has 0 bridgehead atoms. The number of rotatable bonds is 4. The Morgan fingerprint density at radius 2 is 2.04 bits per heavy atom. The Balaban J connectivity index is 1.31. The number of nitrogens with one attached hydrogen (secondary N) is 1. The summed E-state index contributed by atoms with van der Waals surface area (Å²) in [6, 6.07) is 14.5. The summed E-state index contributed by atoms with van der Waals surface area (Å²) >= 11 is 1.71. The van der Waals surface area contributed by atoms with Gasteiger partial charge in [-0.15, -0.1) is 11.3 Å². The van der Waals surface area contributed by atoms with Crippen molar-refractivity contribution in [2.45, 2.75) is 19.8 Å². The maximum absolute atomic E-state index is 13.0. The topological polar surface area (TPSA) is 61.9 Å². The zero-order valence-corrected chi connectivity index (χ0v) is 16.4. The first-order chi connectivity index (χ1) is 13.7. The summed E-state index contributed by atoms with van der Waals surface area (Å²) in [5, 5.41) is 7.89. The standard InChI is InChI=1S/C22H20N4OS/c1-14-25-20-7-2-15(11-21(20)28-14)10-17-8-9-26(22(17)27)19-5-3-16(4-6-19)18-12-23-24-13-18/h2-7,11-13,17H,8-10H2,1H3,(H,23,24). The maximum Gasteiger partial charge on any atom is 0.230 e. The molecule has 4 aromatic rings. The van der Waals surface area contributed by atoms with Crippen molar-refractivity contribution in [2.24, 2.45) is 5.92 Å². The Morgan fingerprint density at radius 1 is 1.18 bits per heavy atom. The fourth-order valence-electron chi connectivity index (χ4n) is 3.92. The Kier molecular flexibility index (Phi) is 4.20. The van der Waals surface area contributed by atoms with Gasteiger partial charge in [0.05, 0.1) is 21.4 Å². The van der Waals surface area contributed by atoms with E-state index in [9.17, 15) is 4.79 Å². The molecule has 1 N–H and O–H groups in total. The summed E-state index contributed by atoms with van der Waals surface area (Å²) in [5.74, 6) is 0.261. The van der Waals surface area contributed by atoms with Crippen molar-refractivity contribution < 1.29 is 4.79 Å². The number of anilines is 1. The molecule has 0 saturated carbocycles. The molecule has 3 heterocycles. The van der Waals surface area contributed by atoms with Crippen LogP contribution in [0.1, 0.15) is 17.0 Å². The minimum atomic E-state index is 0.0417. The minimum Gasteiger partial charge on any atom is -0.312 e. The molecule has 1 atom stereocenters. The van der Waals surface area contributed by atoms with Crippen molar-refractivity contribution in [1.82, 2.24) is 15.2 Å². The van der Waals surface area contributed by atoms with Crippen LogP contribution < -0.4 is 4.90 Å². The number of fused-ring (bicyclic) bond motifs is 1. The largest absolute Gasteiger partial charge is 0.312 e. The van der Waals surface area contributed by atoms with Crippen LogP contribution in [0, 0.1) is 12.8 Å². The van der Waals surface area contributed by atoms with E-state index in [1.165, 1.54) is 10.3 Å². The molecule has 2 aromatic carbocycles. The molecule has 6 heteroatoms. The van der Waals surface area contributed by atoms with Crippen molar-refractivity contribution in [3.05, 3.63) is 65.4 Å². The van der Waals surface area contributed by atoms with Crippen molar-refractivity contribution in [2.75, 3.05) is 11.4 Å². The third-order valence-electron chi connectivity index (χ3n) is 5.37. The second kappa shape index (κ2) is 6.87. The van der Waals surface area contributed by atoms with Crippen molar-refractivity contribution in [1.29, 1.82) is 0 Å². The van der Waals surface area contributed by atoms with Crippen LogP contribution >= 0.6 is 11.3 Å². The lowest BCUT2D eigenvalue weighted by Gasteiger charge is -2.17. The summed E-state index contributed by atoms with van der Waals surface area (Å²) < 4.78 is 1.20. The van der Waals surface area contributed by atoms with Crippen LogP contribution in [0.25, 0.3) is 21.3 Å². The molecule has 28 heavy (non-hydrogen) atoms. The van der Waals surface area contributed by atoms with Gasteiger partial charge in [-0.1, -0.05) is 18.2 Å². The fourth-order valence-corrected chi connectivity index (χ4v) is 4.81. The number of amides is 1. The zero-order chi connectivity index (χ0) is 19.1. The van der Waals surface area contributed by atoms with Gasteiger partial charge in [0.25, 0.3) is 0 Å². The lowest BCUT2D eigenvalue weighted by atomic mass is 9.98. The Hall–Kier alpha value is -2.99. The van der Waals surface area contributed by atoms with Gasteiger partial charge in [0, 0.05) is 29.9 Å². The molecule has 0 radical (unpaired) electrons. The predicted octanol–water partition coefficient (Wildman–Crippen LogP) is 4.59. The summed E-state index contributed by atoms with van der Waals surface area (Å²) in [6.07, 6.45) is 5.35. The van der Waals surface area contributed by atoms with E-state index in [0.717, 1.165) is 46.7 Å². The quantitative estimate of drug-likeness (QED) is 0.556. The average Bonchev–Trinajstić information content (AvgIpc) is 3.42. The lowest BCUT2D eigenvalue weighted by molar-refractivity contribution is -0.120. The number of H-pyrrole nitrogens is 1. The molecule has 5 nitrogen and oxygen atoms in total. The number of aromatic nitrogens is 3. The van der Waals surface area contributed by atoms with Gasteiger partial charge in [-0.25, -0.2) is 4.98 Å². The van der Waals surface area contributed by atoms with Gasteiger partial charge in [-0.2, -0.15) is 5.10 Å². The average molecular weight is 388 g/mol. The number of hydrogen-bond donors (Lipinski definition) is 1. The molecule has 1 aliphatic rings. The van der Waals surface area contributed by atoms with E-state index in [2.05, 4.69) is 33.4 Å². The Bertz CT molecular complexity index is 1130. The van der Waals surface area contributed by atoms with Gasteiger partial charge >= 0.3 is 0 Å². The first-order valence-corrected chi connectivity index (χ1v) is 10.3. The second-order valence-corrected chi connectivity index (χ2v) is 8.48. The van der Waals surface area contributed by atoms with E-state index in [4.69, 9.17) is 0 Å². The highest BCUT2D eigenvalue weighted by Gasteiger charge is 2.32. The molecule has 1 saturated heterocycles. The molecule has 5 rings (SSSR count). The molecule has 2 aromatic heterocycles. The van der Waals surface area contributed by atoms with Gasteiger partial charge < -0.3 is 4.90 Å². The number of nitrogens with zero attached hydrogens (tertiary/aromatic N) is 3. The van der Waals surface area contributed by atoms with Gasteiger partial charge in [0.1, 0.15) is 0 Å². The lowest BCUT2D eigenvalue weighted by Crippen LogP contribution is -2.27. The summed E-state index contributed by atoms with van der Waals surface area (Å²) in [7, 11) is 0. The second-order valence-electron chi connectivity index (χ2n) is 7.25. The Labute approximate surface area is 167 Å². The van der Waals surface area contributed by atoms with Crippen LogP contribution in [0.5, 0.6) is 0 Å². The molecule has 0 spiro atoms. The highest BCUT2D eigenvalue weighted by Crippen LogP contribution is 2.30. The first-order valence-electron chi connectivity index (χ1n) is 9.44.